The summed E-state index contributed by atoms with van der Waals surface area (Å²) in [6.45, 7) is 3.65. The number of hydrogen-bond donors (Lipinski definition) is 2. The summed E-state index contributed by atoms with van der Waals surface area (Å²) in [6, 6.07) is 0. The molecule has 0 aliphatic rings. The summed E-state index contributed by atoms with van der Waals surface area (Å²) in [7, 11) is -8.72. The van der Waals surface area contributed by atoms with Crippen molar-refractivity contribution in [3.63, 3.8) is 0 Å². The summed E-state index contributed by atoms with van der Waals surface area (Å²) in [5.74, 6) is -1.72. The largest absolute Gasteiger partial charge is 1.00 e. The van der Waals surface area contributed by atoms with Gasteiger partial charge in [0.15, 0.2) is 0 Å². The van der Waals surface area contributed by atoms with E-state index in [2.05, 4.69) is 0 Å². The first-order valence-electron chi connectivity index (χ1n) is 5.59. The minimum atomic E-state index is -4.36. The van der Waals surface area contributed by atoms with Crippen LogP contribution >= 0.6 is 0 Å². The van der Waals surface area contributed by atoms with Crippen LogP contribution in [0.5, 0.6) is 0 Å². The van der Waals surface area contributed by atoms with E-state index < -0.39 is 37.8 Å². The van der Waals surface area contributed by atoms with Gasteiger partial charge in [0.25, 0.3) is 20.2 Å². The molecule has 0 saturated heterocycles. The van der Waals surface area contributed by atoms with Gasteiger partial charge < -0.3 is 6.16 Å². The Labute approximate surface area is 138 Å². The van der Waals surface area contributed by atoms with Gasteiger partial charge in [0, 0.05) is 0 Å². The average molecular weight is 328 g/mol. The zero-order chi connectivity index (χ0) is 14.4. The molecule has 7 nitrogen and oxygen atoms in total. The van der Waals surface area contributed by atoms with Crippen LogP contribution in [0.3, 0.4) is 0 Å². The molecule has 19 heavy (non-hydrogen) atoms. The second kappa shape index (κ2) is 9.67. The Morgan fingerprint density at radius 3 is 1.84 bits per heavy atom. The van der Waals surface area contributed by atoms with Crippen LogP contribution in [0, 0.1) is 0 Å². The normalized spacial score (nSPS) is 14.2. The molecule has 0 radical (unpaired) electrons. The summed E-state index contributed by atoms with van der Waals surface area (Å²) in [4.78, 5) is 0. The van der Waals surface area contributed by atoms with Gasteiger partial charge in [0.05, 0.1) is 12.2 Å². The van der Waals surface area contributed by atoms with Crippen molar-refractivity contribution < 1.29 is 61.7 Å². The van der Waals surface area contributed by atoms with Gasteiger partial charge in [-0.25, -0.2) is 0 Å². The smallest absolute Gasteiger partial charge is 1.00 e. The van der Waals surface area contributed by atoms with Gasteiger partial charge in [-0.15, -0.1) is 0 Å². The van der Waals surface area contributed by atoms with E-state index in [1.165, 1.54) is 0 Å². The Balaban J connectivity index is -0.00000144. The molecule has 0 saturated carbocycles. The molecule has 0 spiro atoms. The molecule has 0 fully saturated rings. The quantitative estimate of drug-likeness (QED) is 0.366. The van der Waals surface area contributed by atoms with Crippen LogP contribution in [-0.2, 0) is 25.0 Å². The van der Waals surface area contributed by atoms with Gasteiger partial charge in [-0.2, -0.15) is 16.8 Å². The van der Waals surface area contributed by atoms with E-state index in [9.17, 15) is 16.8 Å². The van der Waals surface area contributed by atoms with E-state index in [4.69, 9.17) is 13.8 Å². The second-order valence-electron chi connectivity index (χ2n) is 4.21. The van der Waals surface area contributed by atoms with Crippen LogP contribution in [0.2, 0.25) is 0 Å². The fraction of sp³-hybridized carbons (Fsp3) is 1.00. The number of unbranched alkanes of at least 4 members (excludes halogenated alkanes) is 1. The van der Waals surface area contributed by atoms with Crippen LogP contribution in [0.1, 0.15) is 34.5 Å². The minimum Gasteiger partial charge on any atom is -1.00 e. The van der Waals surface area contributed by atoms with E-state index in [1.54, 1.807) is 6.92 Å². The fourth-order valence-electron chi connectivity index (χ4n) is 1.48. The standard InChI is InChI=1S/C9H20O7S2.Na.H/c1-3-4-5-8(2)16-9(6-17(10,11)12)7-18(13,14)15;;/h8-9H,3-7H2,1-2H3,(H,10,11,12)(H,13,14,15);;/q;+1;-1. The maximum absolute atomic E-state index is 10.7. The Hall–Kier alpha value is 0.780. The summed E-state index contributed by atoms with van der Waals surface area (Å²) in [6.07, 6.45) is 0.796. The molecule has 0 aromatic heterocycles. The maximum Gasteiger partial charge on any atom is 1.00 e. The minimum absolute atomic E-state index is 0. The van der Waals surface area contributed by atoms with Gasteiger partial charge in [-0.05, 0) is 13.3 Å². The first kappa shape index (κ1) is 22.1. The molecule has 112 valence electrons. The van der Waals surface area contributed by atoms with Crippen molar-refractivity contribution in [3.8, 4) is 0 Å². The molecule has 1 unspecified atom stereocenters. The van der Waals surface area contributed by atoms with E-state index >= 15 is 0 Å². The molecular weight excluding hydrogens is 307 g/mol. The van der Waals surface area contributed by atoms with Crippen LogP contribution in [0.4, 0.5) is 0 Å². The molecule has 10 heteroatoms. The zero-order valence-corrected chi connectivity index (χ0v) is 15.1. The molecule has 0 aromatic carbocycles. The summed E-state index contributed by atoms with van der Waals surface area (Å²) in [5, 5.41) is 0. The molecule has 0 bridgehead atoms. The molecule has 0 heterocycles. The molecule has 2 N–H and O–H groups in total. The fourth-order valence-corrected chi connectivity index (χ4v) is 2.97. The van der Waals surface area contributed by atoms with Crippen molar-refractivity contribution in [2.24, 2.45) is 0 Å². The van der Waals surface area contributed by atoms with E-state index in [-0.39, 0.29) is 37.1 Å². The van der Waals surface area contributed by atoms with E-state index in [0.29, 0.717) is 6.42 Å². The van der Waals surface area contributed by atoms with Crippen molar-refractivity contribution in [3.05, 3.63) is 0 Å². The summed E-state index contributed by atoms with van der Waals surface area (Å²) < 4.78 is 65.5. The molecule has 0 amide bonds. The maximum atomic E-state index is 10.7. The number of ether oxygens (including phenoxy) is 1. The van der Waals surface area contributed by atoms with Gasteiger partial charge in [-0.1, -0.05) is 19.8 Å². The van der Waals surface area contributed by atoms with Crippen molar-refractivity contribution >= 4 is 20.2 Å². The third kappa shape index (κ3) is 15.0. The second-order valence-corrected chi connectivity index (χ2v) is 7.20. The predicted molar refractivity (Wildman–Crippen MR) is 67.8 cm³/mol. The Bertz CT molecular complexity index is 403. The van der Waals surface area contributed by atoms with Crippen molar-refractivity contribution in [2.45, 2.75) is 45.3 Å². The Morgan fingerprint density at radius 2 is 1.53 bits per heavy atom. The predicted octanol–water partition coefficient (Wildman–Crippen LogP) is -2.16. The zero-order valence-electron chi connectivity index (χ0n) is 12.4. The monoisotopic (exact) mass is 328 g/mol. The molecule has 0 aliphatic carbocycles. The van der Waals surface area contributed by atoms with Crippen LogP contribution in [0.15, 0.2) is 0 Å². The van der Waals surface area contributed by atoms with Gasteiger partial charge in [-0.3, -0.25) is 9.11 Å². The first-order valence-corrected chi connectivity index (χ1v) is 8.81. The van der Waals surface area contributed by atoms with Gasteiger partial charge in [0.1, 0.15) is 11.5 Å². The first-order chi connectivity index (χ1) is 8.03. The molecule has 0 rings (SSSR count). The van der Waals surface area contributed by atoms with Crippen LogP contribution in [0.25, 0.3) is 0 Å². The third-order valence-electron chi connectivity index (χ3n) is 2.18. The van der Waals surface area contributed by atoms with Crippen molar-refractivity contribution in [1.82, 2.24) is 0 Å². The van der Waals surface area contributed by atoms with Crippen molar-refractivity contribution in [1.29, 1.82) is 0 Å². The molecule has 1 atom stereocenters. The summed E-state index contributed by atoms with van der Waals surface area (Å²) >= 11 is 0. The van der Waals surface area contributed by atoms with Crippen LogP contribution < -0.4 is 29.6 Å². The Kier molecular flexibility index (Phi) is 11.2. The molecular formula is C9H21NaO7S2. The van der Waals surface area contributed by atoms with Gasteiger partial charge >= 0.3 is 29.6 Å². The van der Waals surface area contributed by atoms with Gasteiger partial charge in [0.2, 0.25) is 0 Å². The average Bonchev–Trinajstić information content (AvgIpc) is 2.08. The SMILES string of the molecule is CCCCC(C)OC(CS(=O)(=O)O)CS(=O)(=O)O.[H-].[Na+]. The number of rotatable bonds is 9. The van der Waals surface area contributed by atoms with Crippen molar-refractivity contribution in [2.75, 3.05) is 11.5 Å². The molecule has 0 aliphatic heterocycles. The van der Waals surface area contributed by atoms with E-state index in [0.717, 1.165) is 12.8 Å². The van der Waals surface area contributed by atoms with E-state index in [1.807, 2.05) is 6.92 Å². The molecule has 0 aromatic rings. The third-order valence-corrected chi connectivity index (χ3v) is 3.77. The number of hydrogen-bond acceptors (Lipinski definition) is 5. The summed E-state index contributed by atoms with van der Waals surface area (Å²) in [5.41, 5.74) is 0. The van der Waals surface area contributed by atoms with Crippen LogP contribution in [-0.4, -0.2) is 49.7 Å². The Morgan fingerprint density at radius 1 is 1.11 bits per heavy atom. The topological polar surface area (TPSA) is 118 Å².